The predicted molar refractivity (Wildman–Crippen MR) is 104 cm³/mol. The van der Waals surface area contributed by atoms with E-state index in [9.17, 15) is 0 Å². The Morgan fingerprint density at radius 2 is 2.00 bits per heavy atom. The van der Waals surface area contributed by atoms with E-state index in [0.29, 0.717) is 12.0 Å². The van der Waals surface area contributed by atoms with Gasteiger partial charge in [0.05, 0.1) is 12.2 Å². The van der Waals surface area contributed by atoms with Gasteiger partial charge < -0.3 is 4.90 Å². The molecular formula is C18H21BrN8. The summed E-state index contributed by atoms with van der Waals surface area (Å²) in [5, 5.41) is 8.86. The molecule has 2 aliphatic rings. The maximum Gasteiger partial charge on any atom is 0.237 e. The molecule has 0 radical (unpaired) electrons. The number of aryl methyl sites for hydroxylation is 1. The molecule has 0 aromatic carbocycles. The summed E-state index contributed by atoms with van der Waals surface area (Å²) in [7, 11) is 0. The van der Waals surface area contributed by atoms with Gasteiger partial charge in [0.1, 0.15) is 22.4 Å². The minimum Gasteiger partial charge on any atom is -0.341 e. The van der Waals surface area contributed by atoms with Gasteiger partial charge in [0.25, 0.3) is 0 Å². The van der Waals surface area contributed by atoms with Crippen LogP contribution in [0.25, 0.3) is 11.6 Å². The zero-order valence-electron chi connectivity index (χ0n) is 15.4. The lowest BCUT2D eigenvalue weighted by molar-refractivity contribution is 0.467. The zero-order valence-corrected chi connectivity index (χ0v) is 17.0. The predicted octanol–water partition coefficient (Wildman–Crippen LogP) is 3.53. The van der Waals surface area contributed by atoms with Crippen molar-refractivity contribution < 1.29 is 0 Å². The number of rotatable bonds is 3. The Kier molecular flexibility index (Phi) is 3.99. The molecule has 8 nitrogen and oxygen atoms in total. The SMILES string of the molecule is CCC1c2nnc(C)n2-c2cnc(-n3cnc(Br)c3)nc2N1C1CCCC1. The Labute approximate surface area is 165 Å². The third kappa shape index (κ3) is 2.59. The average Bonchev–Trinajstić information content (AvgIpc) is 3.42. The molecule has 1 aliphatic carbocycles. The molecule has 3 aromatic rings. The molecule has 5 rings (SSSR count). The van der Waals surface area contributed by atoms with E-state index in [0.717, 1.165) is 34.2 Å². The van der Waals surface area contributed by atoms with Crippen LogP contribution in [0.1, 0.15) is 56.7 Å². The Balaban J connectivity index is 1.71. The molecule has 1 saturated carbocycles. The van der Waals surface area contributed by atoms with Gasteiger partial charge in [-0.15, -0.1) is 10.2 Å². The van der Waals surface area contributed by atoms with Crippen LogP contribution in [0.4, 0.5) is 5.82 Å². The van der Waals surface area contributed by atoms with E-state index in [-0.39, 0.29) is 6.04 Å². The van der Waals surface area contributed by atoms with E-state index < -0.39 is 0 Å². The smallest absolute Gasteiger partial charge is 0.237 e. The summed E-state index contributed by atoms with van der Waals surface area (Å²) < 4.78 is 4.72. The van der Waals surface area contributed by atoms with Crippen molar-refractivity contribution in [3.63, 3.8) is 0 Å². The van der Waals surface area contributed by atoms with Gasteiger partial charge in [0.2, 0.25) is 5.95 Å². The molecule has 0 amide bonds. The molecule has 27 heavy (non-hydrogen) atoms. The standard InChI is InChI=1S/C18H21BrN8/c1-3-13-17-24-23-11(2)26(17)14-8-20-18(25-9-15(19)21-10-25)22-16(14)27(13)12-6-4-5-7-12/h8-10,12-13H,3-7H2,1-2H3. The van der Waals surface area contributed by atoms with Crippen LogP contribution in [0.15, 0.2) is 23.3 Å². The molecule has 1 atom stereocenters. The lowest BCUT2D eigenvalue weighted by Crippen LogP contribution is -2.42. The molecule has 1 unspecified atom stereocenters. The molecule has 140 valence electrons. The highest BCUT2D eigenvalue weighted by Gasteiger charge is 2.39. The number of hydrogen-bond donors (Lipinski definition) is 0. The Hall–Kier alpha value is -2.29. The molecule has 0 saturated heterocycles. The number of fused-ring (bicyclic) bond motifs is 3. The summed E-state index contributed by atoms with van der Waals surface area (Å²) in [6.45, 7) is 4.19. The van der Waals surface area contributed by atoms with Crippen molar-refractivity contribution in [3.05, 3.63) is 35.0 Å². The fourth-order valence-electron chi connectivity index (χ4n) is 4.39. The van der Waals surface area contributed by atoms with Gasteiger partial charge in [-0.05, 0) is 42.1 Å². The summed E-state index contributed by atoms with van der Waals surface area (Å²) >= 11 is 3.40. The van der Waals surface area contributed by atoms with Crippen molar-refractivity contribution in [2.24, 2.45) is 0 Å². The monoisotopic (exact) mass is 428 g/mol. The van der Waals surface area contributed by atoms with E-state index in [2.05, 4.69) is 52.5 Å². The van der Waals surface area contributed by atoms with Crippen molar-refractivity contribution in [1.29, 1.82) is 0 Å². The molecule has 0 spiro atoms. The Morgan fingerprint density at radius 3 is 2.70 bits per heavy atom. The van der Waals surface area contributed by atoms with Gasteiger partial charge in [-0.1, -0.05) is 19.8 Å². The normalized spacial score (nSPS) is 19.4. The fraction of sp³-hybridized carbons (Fsp3) is 0.500. The van der Waals surface area contributed by atoms with Crippen molar-refractivity contribution in [2.45, 2.75) is 58.0 Å². The van der Waals surface area contributed by atoms with Gasteiger partial charge in [-0.2, -0.15) is 4.98 Å². The molecule has 3 aromatic heterocycles. The van der Waals surface area contributed by atoms with Crippen LogP contribution in [-0.2, 0) is 0 Å². The molecule has 1 fully saturated rings. The van der Waals surface area contributed by atoms with Crippen molar-refractivity contribution in [2.75, 3.05) is 4.90 Å². The van der Waals surface area contributed by atoms with E-state index >= 15 is 0 Å². The van der Waals surface area contributed by atoms with Gasteiger partial charge in [-0.3, -0.25) is 9.13 Å². The first kappa shape index (κ1) is 16.9. The second kappa shape index (κ2) is 6.40. The van der Waals surface area contributed by atoms with Gasteiger partial charge in [0.15, 0.2) is 11.6 Å². The van der Waals surface area contributed by atoms with E-state index in [1.54, 1.807) is 6.33 Å². The van der Waals surface area contributed by atoms with Crippen LogP contribution < -0.4 is 4.90 Å². The van der Waals surface area contributed by atoms with Gasteiger partial charge >= 0.3 is 0 Å². The molecule has 0 N–H and O–H groups in total. The first-order valence-electron chi connectivity index (χ1n) is 9.45. The topological polar surface area (TPSA) is 77.5 Å². The van der Waals surface area contributed by atoms with Crippen LogP contribution in [0.2, 0.25) is 0 Å². The van der Waals surface area contributed by atoms with E-state index in [4.69, 9.17) is 4.98 Å². The summed E-state index contributed by atoms with van der Waals surface area (Å²) in [6.07, 6.45) is 11.4. The zero-order chi connectivity index (χ0) is 18.5. The van der Waals surface area contributed by atoms with Crippen molar-refractivity contribution in [1.82, 2.24) is 34.3 Å². The average molecular weight is 429 g/mol. The largest absolute Gasteiger partial charge is 0.341 e. The summed E-state index contributed by atoms with van der Waals surface area (Å²) in [5.74, 6) is 3.46. The van der Waals surface area contributed by atoms with Crippen LogP contribution in [0, 0.1) is 6.92 Å². The number of nitrogens with zero attached hydrogens (tertiary/aromatic N) is 8. The lowest BCUT2D eigenvalue weighted by atomic mass is 10.0. The number of hydrogen-bond acceptors (Lipinski definition) is 6. The quantitative estimate of drug-likeness (QED) is 0.634. The molecular weight excluding hydrogens is 408 g/mol. The highest BCUT2D eigenvalue weighted by Crippen LogP contribution is 2.43. The summed E-state index contributed by atoms with van der Waals surface area (Å²) in [4.78, 5) is 16.3. The van der Waals surface area contributed by atoms with Crippen LogP contribution in [0.5, 0.6) is 0 Å². The molecule has 0 bridgehead atoms. The lowest BCUT2D eigenvalue weighted by Gasteiger charge is -2.41. The summed E-state index contributed by atoms with van der Waals surface area (Å²) in [6, 6.07) is 0.663. The van der Waals surface area contributed by atoms with Crippen molar-refractivity contribution >= 4 is 21.7 Å². The van der Waals surface area contributed by atoms with E-state index in [1.165, 1.54) is 25.7 Å². The number of imidazole rings is 1. The van der Waals surface area contributed by atoms with Crippen LogP contribution in [-0.4, -0.2) is 40.3 Å². The highest BCUT2D eigenvalue weighted by molar-refractivity contribution is 9.10. The minimum absolute atomic E-state index is 0.180. The molecule has 1 aliphatic heterocycles. The van der Waals surface area contributed by atoms with Crippen LogP contribution >= 0.6 is 15.9 Å². The van der Waals surface area contributed by atoms with Gasteiger partial charge in [-0.25, -0.2) is 9.97 Å². The first-order chi connectivity index (χ1) is 13.2. The number of aromatic nitrogens is 7. The fourth-order valence-corrected chi connectivity index (χ4v) is 4.70. The Morgan fingerprint density at radius 1 is 1.19 bits per heavy atom. The van der Waals surface area contributed by atoms with E-state index in [1.807, 2.05) is 23.9 Å². The van der Waals surface area contributed by atoms with Crippen LogP contribution in [0.3, 0.4) is 0 Å². The minimum atomic E-state index is 0.180. The second-order valence-electron chi connectivity index (χ2n) is 7.19. The highest BCUT2D eigenvalue weighted by atomic mass is 79.9. The maximum absolute atomic E-state index is 4.98. The third-order valence-electron chi connectivity index (χ3n) is 5.59. The van der Waals surface area contributed by atoms with Gasteiger partial charge in [0, 0.05) is 12.2 Å². The molecule has 9 heteroatoms. The first-order valence-corrected chi connectivity index (χ1v) is 10.2. The third-order valence-corrected chi connectivity index (χ3v) is 6.00. The Bertz CT molecular complexity index is 987. The number of anilines is 1. The molecule has 4 heterocycles. The second-order valence-corrected chi connectivity index (χ2v) is 8.01. The maximum atomic E-state index is 4.98. The number of halogens is 1. The summed E-state index contributed by atoms with van der Waals surface area (Å²) in [5.41, 5.74) is 0.965. The van der Waals surface area contributed by atoms with Crippen molar-refractivity contribution in [3.8, 4) is 11.6 Å².